The second kappa shape index (κ2) is 5.46. The molecular weight excluding hydrogens is 202 g/mol. The smallest absolute Gasteiger partial charge is 0.108 e. The fourth-order valence-electron chi connectivity index (χ4n) is 2.35. The van der Waals surface area contributed by atoms with Crippen molar-refractivity contribution in [3.63, 3.8) is 0 Å². The molecule has 1 fully saturated rings. The quantitative estimate of drug-likeness (QED) is 0.744. The lowest BCUT2D eigenvalue weighted by Gasteiger charge is -2.15. The van der Waals surface area contributed by atoms with Crippen molar-refractivity contribution in [3.05, 3.63) is 18.2 Å². The molecule has 1 saturated heterocycles. The van der Waals surface area contributed by atoms with Crippen molar-refractivity contribution in [2.45, 2.75) is 12.8 Å². The van der Waals surface area contributed by atoms with E-state index in [2.05, 4.69) is 21.5 Å². The highest BCUT2D eigenvalue weighted by atomic mass is 16.5. The van der Waals surface area contributed by atoms with Gasteiger partial charge in [0.2, 0.25) is 0 Å². The summed E-state index contributed by atoms with van der Waals surface area (Å²) in [5, 5.41) is 0. The van der Waals surface area contributed by atoms with Gasteiger partial charge in [-0.05, 0) is 18.9 Å². The van der Waals surface area contributed by atoms with Crippen molar-refractivity contribution in [1.82, 2.24) is 14.5 Å². The van der Waals surface area contributed by atoms with Crippen LogP contribution in [-0.4, -0.2) is 47.8 Å². The van der Waals surface area contributed by atoms with Crippen LogP contribution in [0.15, 0.2) is 12.4 Å². The monoisotopic (exact) mass is 223 g/mol. The zero-order valence-electron chi connectivity index (χ0n) is 10.2. The molecule has 4 heteroatoms. The molecule has 1 aromatic rings. The number of methoxy groups -OCH3 is 1. The number of nitrogens with zero attached hydrogens (tertiary/aromatic N) is 3. The Kier molecular flexibility index (Phi) is 3.96. The van der Waals surface area contributed by atoms with Crippen molar-refractivity contribution < 1.29 is 4.74 Å². The van der Waals surface area contributed by atoms with E-state index in [0.717, 1.165) is 25.5 Å². The summed E-state index contributed by atoms with van der Waals surface area (Å²) in [7, 11) is 3.83. The molecule has 2 rings (SSSR count). The van der Waals surface area contributed by atoms with Gasteiger partial charge in [0, 0.05) is 46.1 Å². The Labute approximate surface area is 97.2 Å². The molecule has 0 spiro atoms. The lowest BCUT2D eigenvalue weighted by atomic mass is 10.0. The maximum Gasteiger partial charge on any atom is 0.108 e. The maximum absolute atomic E-state index is 5.11. The van der Waals surface area contributed by atoms with E-state index in [1.165, 1.54) is 25.3 Å². The molecule has 0 bridgehead atoms. The van der Waals surface area contributed by atoms with E-state index >= 15 is 0 Å². The Bertz CT molecular complexity index is 324. The summed E-state index contributed by atoms with van der Waals surface area (Å²) in [6.45, 7) is 4.30. The lowest BCUT2D eigenvalue weighted by Crippen LogP contribution is -2.25. The van der Waals surface area contributed by atoms with E-state index in [9.17, 15) is 0 Å². The van der Waals surface area contributed by atoms with Gasteiger partial charge >= 0.3 is 0 Å². The van der Waals surface area contributed by atoms with Gasteiger partial charge in [-0.3, -0.25) is 0 Å². The van der Waals surface area contributed by atoms with Crippen LogP contribution < -0.4 is 0 Å². The Balaban J connectivity index is 1.79. The molecule has 16 heavy (non-hydrogen) atoms. The highest BCUT2D eigenvalue weighted by molar-refractivity contribution is 4.94. The van der Waals surface area contributed by atoms with Crippen molar-refractivity contribution in [2.24, 2.45) is 13.0 Å². The lowest BCUT2D eigenvalue weighted by molar-refractivity contribution is 0.159. The van der Waals surface area contributed by atoms with Gasteiger partial charge in [0.1, 0.15) is 5.82 Å². The molecule has 0 amide bonds. The summed E-state index contributed by atoms with van der Waals surface area (Å²) >= 11 is 0. The number of aryl methyl sites for hydroxylation is 1. The highest BCUT2D eigenvalue weighted by Gasteiger charge is 2.23. The topological polar surface area (TPSA) is 30.3 Å². The van der Waals surface area contributed by atoms with E-state index in [0.29, 0.717) is 0 Å². The number of imidazole rings is 1. The van der Waals surface area contributed by atoms with Crippen molar-refractivity contribution in [1.29, 1.82) is 0 Å². The van der Waals surface area contributed by atoms with Crippen LogP contribution in [0.5, 0.6) is 0 Å². The SMILES string of the molecule is COCCN1CCC(Cc2nccn2C)C1. The first kappa shape index (κ1) is 11.6. The summed E-state index contributed by atoms with van der Waals surface area (Å²) in [5.74, 6) is 1.97. The fraction of sp³-hybridized carbons (Fsp3) is 0.750. The Morgan fingerprint density at radius 3 is 3.12 bits per heavy atom. The first-order valence-electron chi connectivity index (χ1n) is 5.97. The maximum atomic E-state index is 5.11. The molecule has 0 N–H and O–H groups in total. The number of hydrogen-bond donors (Lipinski definition) is 0. The second-order valence-corrected chi connectivity index (χ2v) is 4.61. The third-order valence-corrected chi connectivity index (χ3v) is 3.37. The third kappa shape index (κ3) is 2.83. The standard InChI is InChI=1S/C12H21N3O/c1-14-6-4-13-12(14)9-11-3-5-15(10-11)7-8-16-2/h4,6,11H,3,5,7-10H2,1-2H3. The minimum Gasteiger partial charge on any atom is -0.383 e. The largest absolute Gasteiger partial charge is 0.383 e. The predicted molar refractivity (Wildman–Crippen MR) is 63.3 cm³/mol. The van der Waals surface area contributed by atoms with Crippen LogP contribution in [0, 0.1) is 5.92 Å². The molecule has 0 radical (unpaired) electrons. The van der Waals surface area contributed by atoms with E-state index in [-0.39, 0.29) is 0 Å². The van der Waals surface area contributed by atoms with Crippen LogP contribution in [0.1, 0.15) is 12.2 Å². The van der Waals surface area contributed by atoms with Crippen LogP contribution in [0.4, 0.5) is 0 Å². The Morgan fingerprint density at radius 1 is 1.56 bits per heavy atom. The van der Waals surface area contributed by atoms with E-state index in [1.807, 2.05) is 12.4 Å². The van der Waals surface area contributed by atoms with Crippen molar-refractivity contribution in [2.75, 3.05) is 33.4 Å². The molecular formula is C12H21N3O. The number of ether oxygens (including phenoxy) is 1. The Hall–Kier alpha value is -0.870. The zero-order valence-corrected chi connectivity index (χ0v) is 10.2. The number of likely N-dealkylation sites (tertiary alicyclic amines) is 1. The third-order valence-electron chi connectivity index (χ3n) is 3.37. The fourth-order valence-corrected chi connectivity index (χ4v) is 2.35. The zero-order chi connectivity index (χ0) is 11.4. The molecule has 0 aliphatic carbocycles. The minimum atomic E-state index is 0.762. The van der Waals surface area contributed by atoms with Crippen LogP contribution >= 0.6 is 0 Å². The number of hydrogen-bond acceptors (Lipinski definition) is 3. The predicted octanol–water partition coefficient (Wildman–Crippen LogP) is 0.931. The van der Waals surface area contributed by atoms with Gasteiger partial charge in [0.05, 0.1) is 6.61 Å². The first-order valence-corrected chi connectivity index (χ1v) is 5.97. The van der Waals surface area contributed by atoms with E-state index in [4.69, 9.17) is 4.74 Å². The molecule has 90 valence electrons. The molecule has 1 atom stereocenters. The van der Waals surface area contributed by atoms with Gasteiger partial charge in [-0.15, -0.1) is 0 Å². The first-order chi connectivity index (χ1) is 7.79. The van der Waals surface area contributed by atoms with Crippen LogP contribution in [0.3, 0.4) is 0 Å². The van der Waals surface area contributed by atoms with Crippen LogP contribution in [0.2, 0.25) is 0 Å². The number of aromatic nitrogens is 2. The van der Waals surface area contributed by atoms with Crippen LogP contribution in [0.25, 0.3) is 0 Å². The highest BCUT2D eigenvalue weighted by Crippen LogP contribution is 2.19. The second-order valence-electron chi connectivity index (χ2n) is 4.61. The normalized spacial score (nSPS) is 21.8. The molecule has 4 nitrogen and oxygen atoms in total. The summed E-state index contributed by atoms with van der Waals surface area (Å²) in [4.78, 5) is 6.87. The average Bonchev–Trinajstić information content (AvgIpc) is 2.87. The van der Waals surface area contributed by atoms with Gasteiger partial charge < -0.3 is 14.2 Å². The van der Waals surface area contributed by atoms with Gasteiger partial charge in [-0.2, -0.15) is 0 Å². The molecule has 1 aromatic heterocycles. The van der Waals surface area contributed by atoms with Gasteiger partial charge in [-0.1, -0.05) is 0 Å². The van der Waals surface area contributed by atoms with Crippen LogP contribution in [-0.2, 0) is 18.2 Å². The van der Waals surface area contributed by atoms with Gasteiger partial charge in [0.25, 0.3) is 0 Å². The summed E-state index contributed by atoms with van der Waals surface area (Å²) in [5.41, 5.74) is 0. The van der Waals surface area contributed by atoms with E-state index in [1.54, 1.807) is 7.11 Å². The van der Waals surface area contributed by atoms with Gasteiger partial charge in [0.15, 0.2) is 0 Å². The molecule has 0 aromatic carbocycles. The minimum absolute atomic E-state index is 0.762. The van der Waals surface area contributed by atoms with Crippen molar-refractivity contribution >= 4 is 0 Å². The molecule has 0 saturated carbocycles. The molecule has 1 unspecified atom stereocenters. The molecule has 1 aliphatic heterocycles. The molecule has 1 aliphatic rings. The van der Waals surface area contributed by atoms with Crippen molar-refractivity contribution in [3.8, 4) is 0 Å². The number of rotatable bonds is 5. The summed E-state index contributed by atoms with van der Waals surface area (Å²) in [6, 6.07) is 0. The molecule has 2 heterocycles. The average molecular weight is 223 g/mol. The van der Waals surface area contributed by atoms with E-state index < -0.39 is 0 Å². The summed E-state index contributed by atoms with van der Waals surface area (Å²) < 4.78 is 7.23. The summed E-state index contributed by atoms with van der Waals surface area (Å²) in [6.07, 6.45) is 6.30. The Morgan fingerprint density at radius 2 is 2.44 bits per heavy atom. The van der Waals surface area contributed by atoms with Gasteiger partial charge in [-0.25, -0.2) is 4.98 Å².